The minimum atomic E-state index is -4.30. The highest BCUT2D eigenvalue weighted by atomic mass is 19.4. The van der Waals surface area contributed by atoms with Crippen LogP contribution in [0.25, 0.3) is 11.3 Å². The third-order valence-corrected chi connectivity index (χ3v) is 9.91. The number of hydrogen-bond acceptors (Lipinski definition) is 4. The monoisotopic (exact) mass is 769 g/mol. The lowest BCUT2D eigenvalue weighted by molar-refractivity contribution is -0.137. The number of halogens is 4. The van der Waals surface area contributed by atoms with E-state index in [4.69, 9.17) is 5.73 Å². The van der Waals surface area contributed by atoms with Crippen LogP contribution in [0.15, 0.2) is 97.1 Å². The van der Waals surface area contributed by atoms with E-state index in [2.05, 4.69) is 94.7 Å². The Morgan fingerprint density at radius 2 is 1.20 bits per heavy atom. The number of aromatic nitrogens is 6. The molecule has 298 valence electrons. The SMILES string of the molecule is CC(C)c1cc(-c2ccc(C(F)(F)F)cc2)n[nH]1.CC(C)c1cc(C(C2CC2)C2CC2)[nH]n1.CC(C)c1cc(Cc2ccccc2)[nH]n1.Nc1ccc(F)cc1. The second-order valence-corrected chi connectivity index (χ2v) is 15.7. The van der Waals surface area contributed by atoms with Crippen molar-refractivity contribution in [2.45, 2.75) is 103 Å². The lowest BCUT2D eigenvalue weighted by Crippen LogP contribution is -2.04. The van der Waals surface area contributed by atoms with Gasteiger partial charge in [0, 0.05) is 40.7 Å². The van der Waals surface area contributed by atoms with Gasteiger partial charge in [0.1, 0.15) is 5.82 Å². The molecule has 7 nitrogen and oxygen atoms in total. The first kappa shape index (κ1) is 42.0. The lowest BCUT2D eigenvalue weighted by Gasteiger charge is -2.12. The van der Waals surface area contributed by atoms with E-state index in [1.807, 2.05) is 26.0 Å². The zero-order valence-electron chi connectivity index (χ0n) is 33.2. The van der Waals surface area contributed by atoms with Gasteiger partial charge in [-0.25, -0.2) is 4.39 Å². The summed E-state index contributed by atoms with van der Waals surface area (Å²) in [6, 6.07) is 27.5. The molecule has 0 amide bonds. The first-order valence-electron chi connectivity index (χ1n) is 19.5. The standard InChI is InChI=1S/C13H13F3N2.C13H20N2.C13H16N2.C6H6FN/c1-8(2)11-7-12(18-17-11)9-3-5-10(6-4-9)13(14,15)16;1-8(2)11-7-12(15-14-11)13(9-3-4-9)10-5-6-10;1-10(2)13-9-12(14-15-13)8-11-6-4-3-5-7-11;7-5-1-3-6(8)4-2-5/h3-8H,1-2H3,(H,17,18);7-10,13H,3-6H2,1-2H3,(H,14,15);3-7,9-10H,8H2,1-2H3,(H,14,15);1-4H,8H2. The Morgan fingerprint density at radius 1 is 0.643 bits per heavy atom. The van der Waals surface area contributed by atoms with Crippen molar-refractivity contribution in [2.75, 3.05) is 5.73 Å². The molecule has 0 spiro atoms. The largest absolute Gasteiger partial charge is 0.416 e. The van der Waals surface area contributed by atoms with E-state index >= 15 is 0 Å². The van der Waals surface area contributed by atoms with Gasteiger partial charge in [-0.05, 0) is 115 Å². The first-order chi connectivity index (χ1) is 26.7. The second-order valence-electron chi connectivity index (χ2n) is 15.7. The maximum atomic E-state index is 12.4. The molecule has 11 heteroatoms. The van der Waals surface area contributed by atoms with Crippen molar-refractivity contribution in [2.24, 2.45) is 11.8 Å². The molecule has 2 fully saturated rings. The minimum absolute atomic E-state index is 0.251. The summed E-state index contributed by atoms with van der Waals surface area (Å²) in [5.74, 6) is 3.85. The summed E-state index contributed by atoms with van der Waals surface area (Å²) in [6.45, 7) is 12.8. The van der Waals surface area contributed by atoms with Crippen LogP contribution in [0, 0.1) is 17.7 Å². The van der Waals surface area contributed by atoms with Gasteiger partial charge in [0.05, 0.1) is 22.6 Å². The van der Waals surface area contributed by atoms with E-state index in [0.29, 0.717) is 34.7 Å². The summed E-state index contributed by atoms with van der Waals surface area (Å²) in [6.07, 6.45) is 2.40. The molecule has 2 aliphatic carbocycles. The van der Waals surface area contributed by atoms with Gasteiger partial charge < -0.3 is 5.73 Å². The fourth-order valence-electron chi connectivity index (χ4n) is 6.28. The van der Waals surface area contributed by atoms with Crippen LogP contribution in [-0.2, 0) is 12.6 Å². The Hall–Kier alpha value is -5.19. The third kappa shape index (κ3) is 12.7. The van der Waals surface area contributed by atoms with Crippen molar-refractivity contribution < 1.29 is 17.6 Å². The van der Waals surface area contributed by atoms with Gasteiger partial charge in [-0.3, -0.25) is 15.3 Å². The summed E-state index contributed by atoms with van der Waals surface area (Å²) >= 11 is 0. The van der Waals surface area contributed by atoms with Crippen LogP contribution >= 0.6 is 0 Å². The number of hydrogen-bond donors (Lipinski definition) is 4. The molecule has 6 aromatic rings. The zero-order valence-corrected chi connectivity index (χ0v) is 33.2. The molecular formula is C45H55F4N7. The summed E-state index contributed by atoms with van der Waals surface area (Å²) < 4.78 is 49.3. The Kier molecular flexibility index (Phi) is 14.3. The number of nitrogens with zero attached hydrogens (tertiary/aromatic N) is 3. The highest BCUT2D eigenvalue weighted by molar-refractivity contribution is 5.60. The van der Waals surface area contributed by atoms with Gasteiger partial charge >= 0.3 is 6.18 Å². The van der Waals surface area contributed by atoms with Crippen LogP contribution in [0.2, 0.25) is 0 Å². The predicted octanol–water partition coefficient (Wildman–Crippen LogP) is 12.2. The van der Waals surface area contributed by atoms with Gasteiger partial charge in [0.2, 0.25) is 0 Å². The molecular weight excluding hydrogens is 715 g/mol. The van der Waals surface area contributed by atoms with Gasteiger partial charge in [-0.2, -0.15) is 28.5 Å². The number of aromatic amines is 3. The van der Waals surface area contributed by atoms with Crippen molar-refractivity contribution in [3.05, 3.63) is 142 Å². The smallest absolute Gasteiger partial charge is 0.399 e. The lowest BCUT2D eigenvalue weighted by atomic mass is 9.93. The topological polar surface area (TPSA) is 112 Å². The maximum Gasteiger partial charge on any atom is 0.416 e. The van der Waals surface area contributed by atoms with Crippen LogP contribution in [0.3, 0.4) is 0 Å². The normalized spacial score (nSPS) is 13.9. The zero-order chi connectivity index (χ0) is 40.4. The molecule has 0 atom stereocenters. The molecule has 2 aliphatic rings. The predicted molar refractivity (Wildman–Crippen MR) is 217 cm³/mol. The van der Waals surface area contributed by atoms with Crippen molar-refractivity contribution in [3.63, 3.8) is 0 Å². The summed E-state index contributed by atoms with van der Waals surface area (Å²) in [7, 11) is 0. The number of rotatable bonds is 9. The van der Waals surface area contributed by atoms with E-state index in [-0.39, 0.29) is 5.82 Å². The van der Waals surface area contributed by atoms with E-state index in [0.717, 1.165) is 47.7 Å². The molecule has 56 heavy (non-hydrogen) atoms. The number of alkyl halides is 3. The van der Waals surface area contributed by atoms with E-state index in [1.165, 1.54) is 84.7 Å². The highest BCUT2D eigenvalue weighted by Crippen LogP contribution is 2.54. The quantitative estimate of drug-likeness (QED) is 0.0866. The molecule has 0 unspecified atom stereocenters. The number of benzene rings is 3. The average molecular weight is 770 g/mol. The number of nitrogen functional groups attached to an aromatic ring is 1. The van der Waals surface area contributed by atoms with Crippen LogP contribution in [0.4, 0.5) is 23.2 Å². The summed E-state index contributed by atoms with van der Waals surface area (Å²) in [5.41, 5.74) is 13.8. The molecule has 0 bridgehead atoms. The molecule has 2 saturated carbocycles. The molecule has 3 aromatic carbocycles. The summed E-state index contributed by atoms with van der Waals surface area (Å²) in [5, 5.41) is 22.1. The number of anilines is 1. The molecule has 0 aliphatic heterocycles. The Morgan fingerprint density at radius 3 is 1.66 bits per heavy atom. The highest BCUT2D eigenvalue weighted by Gasteiger charge is 2.43. The van der Waals surface area contributed by atoms with Crippen LogP contribution in [-0.4, -0.2) is 30.6 Å². The van der Waals surface area contributed by atoms with E-state index in [9.17, 15) is 17.6 Å². The van der Waals surface area contributed by atoms with Gasteiger partial charge in [0.15, 0.2) is 0 Å². The molecule has 5 N–H and O–H groups in total. The second kappa shape index (κ2) is 19.1. The first-order valence-corrected chi connectivity index (χ1v) is 19.5. The van der Waals surface area contributed by atoms with Crippen LogP contribution < -0.4 is 5.73 Å². The van der Waals surface area contributed by atoms with Crippen LogP contribution in [0.1, 0.15) is 130 Å². The van der Waals surface area contributed by atoms with Crippen molar-refractivity contribution in [3.8, 4) is 11.3 Å². The van der Waals surface area contributed by atoms with Gasteiger partial charge in [-0.1, -0.05) is 84.0 Å². The average Bonchev–Trinajstić information content (AvgIpc) is 4.00. The van der Waals surface area contributed by atoms with Crippen LogP contribution in [0.5, 0.6) is 0 Å². The van der Waals surface area contributed by atoms with E-state index < -0.39 is 11.7 Å². The Bertz CT molecular complexity index is 2000. The van der Waals surface area contributed by atoms with Gasteiger partial charge in [0.25, 0.3) is 0 Å². The van der Waals surface area contributed by atoms with Crippen molar-refractivity contribution in [1.29, 1.82) is 0 Å². The van der Waals surface area contributed by atoms with Crippen molar-refractivity contribution >= 4 is 5.69 Å². The molecule has 0 saturated heterocycles. The molecule has 0 radical (unpaired) electrons. The fraction of sp³-hybridized carbons (Fsp3) is 0.400. The molecule has 3 heterocycles. The fourth-order valence-corrected chi connectivity index (χ4v) is 6.28. The van der Waals surface area contributed by atoms with Gasteiger partial charge in [-0.15, -0.1) is 0 Å². The third-order valence-electron chi connectivity index (χ3n) is 9.91. The minimum Gasteiger partial charge on any atom is -0.399 e. The number of H-pyrrole nitrogens is 3. The maximum absolute atomic E-state index is 12.4. The Balaban J connectivity index is 0.000000147. The number of nitrogens with two attached hydrogens (primary N) is 1. The number of nitrogens with one attached hydrogen (secondary N) is 3. The molecule has 3 aromatic heterocycles. The van der Waals surface area contributed by atoms with Crippen molar-refractivity contribution in [1.82, 2.24) is 30.6 Å². The molecule has 8 rings (SSSR count). The Labute approximate surface area is 327 Å². The summed E-state index contributed by atoms with van der Waals surface area (Å²) in [4.78, 5) is 0. The van der Waals surface area contributed by atoms with E-state index in [1.54, 1.807) is 0 Å².